The molecule has 1 aromatic heterocycles. The van der Waals surface area contributed by atoms with Crippen molar-refractivity contribution in [1.82, 2.24) is 0 Å². The van der Waals surface area contributed by atoms with Gasteiger partial charge in [0.25, 0.3) is 0 Å². The number of hydrogen-bond acceptors (Lipinski definition) is 8. The molecule has 0 aromatic carbocycles. The van der Waals surface area contributed by atoms with Gasteiger partial charge in [-0.1, -0.05) is 0 Å². The maximum absolute atomic E-state index is 11.6. The molecule has 22 heavy (non-hydrogen) atoms. The Hall–Kier alpha value is 0.390. The molecular weight excluding hydrogens is 393 g/mol. The minimum absolute atomic E-state index is 0. The summed E-state index contributed by atoms with van der Waals surface area (Å²) in [5.41, 5.74) is 0. The van der Waals surface area contributed by atoms with E-state index in [0.717, 1.165) is 12.7 Å². The predicted octanol–water partition coefficient (Wildman–Crippen LogP) is -3.56. The molecule has 0 aliphatic carbocycles. The quantitative estimate of drug-likeness (QED) is 0.218. The number of aliphatic hydroxyl groups is 1. The SMILES string of the molecule is NS(=O)(=O)c1ccc(S(=O)(=O)CC[CH-]O)s1.O=S(=O)(O)O.[Na+]. The van der Waals surface area contributed by atoms with E-state index in [4.69, 9.17) is 27.8 Å². The first-order valence-electron chi connectivity index (χ1n) is 4.78. The molecule has 0 saturated heterocycles. The Morgan fingerprint density at radius 3 is 1.77 bits per heavy atom. The maximum atomic E-state index is 11.6. The molecule has 5 N–H and O–H groups in total. The molecule has 0 fully saturated rings. The van der Waals surface area contributed by atoms with Crippen molar-refractivity contribution in [1.29, 1.82) is 0 Å². The smallest absolute Gasteiger partial charge is 0.566 e. The molecule has 0 radical (unpaired) electrons. The minimum atomic E-state index is -4.67. The first kappa shape index (κ1) is 24.6. The number of aliphatic hydroxyl groups excluding tert-OH is 1. The summed E-state index contributed by atoms with van der Waals surface area (Å²) in [5.74, 6) is -0.270. The van der Waals surface area contributed by atoms with Crippen molar-refractivity contribution in [3.05, 3.63) is 18.7 Å². The number of rotatable bonds is 5. The summed E-state index contributed by atoms with van der Waals surface area (Å²) in [4.78, 5) is 0. The topological polar surface area (TPSA) is 189 Å². The van der Waals surface area contributed by atoms with Gasteiger partial charge in [-0.3, -0.25) is 9.11 Å². The summed E-state index contributed by atoms with van der Waals surface area (Å²) in [6.45, 7) is 0.742. The van der Waals surface area contributed by atoms with Crippen LogP contribution in [-0.4, -0.2) is 45.2 Å². The molecule has 15 heteroatoms. The van der Waals surface area contributed by atoms with Gasteiger partial charge in [-0.25, -0.2) is 28.6 Å². The number of sulfone groups is 1. The normalized spacial score (nSPS) is 12.0. The van der Waals surface area contributed by atoms with Crippen LogP contribution >= 0.6 is 11.3 Å². The average molecular weight is 405 g/mol. The van der Waals surface area contributed by atoms with Gasteiger partial charge in [0.05, 0.1) is 0 Å². The molecule has 1 rings (SSSR count). The number of primary sulfonamides is 1. The number of hydrogen-bond donors (Lipinski definition) is 4. The van der Waals surface area contributed by atoms with Gasteiger partial charge >= 0.3 is 40.0 Å². The summed E-state index contributed by atoms with van der Waals surface area (Å²) in [7, 11) is -12.1. The van der Waals surface area contributed by atoms with Crippen LogP contribution < -0.4 is 34.7 Å². The van der Waals surface area contributed by atoms with Crippen molar-refractivity contribution in [2.45, 2.75) is 14.8 Å². The molecule has 0 bridgehead atoms. The summed E-state index contributed by atoms with van der Waals surface area (Å²) in [6, 6.07) is 2.34. The van der Waals surface area contributed by atoms with Gasteiger partial charge in [0.2, 0.25) is 10.0 Å². The van der Waals surface area contributed by atoms with Crippen LogP contribution in [0.15, 0.2) is 20.6 Å². The predicted molar refractivity (Wildman–Crippen MR) is 72.8 cm³/mol. The Morgan fingerprint density at radius 1 is 1.05 bits per heavy atom. The maximum Gasteiger partial charge on any atom is 1.00 e. The molecule has 0 amide bonds. The van der Waals surface area contributed by atoms with Gasteiger partial charge in [-0.15, -0.1) is 17.8 Å². The van der Waals surface area contributed by atoms with Crippen LogP contribution in [0.5, 0.6) is 0 Å². The Morgan fingerprint density at radius 2 is 1.45 bits per heavy atom. The van der Waals surface area contributed by atoms with Crippen LogP contribution in [0.3, 0.4) is 0 Å². The second-order valence-corrected chi connectivity index (χ2v) is 9.46. The zero-order valence-electron chi connectivity index (χ0n) is 11.1. The third-order valence-corrected chi connectivity index (χ3v) is 6.51. The van der Waals surface area contributed by atoms with E-state index in [9.17, 15) is 16.8 Å². The number of sulfonamides is 1. The molecule has 0 aliphatic heterocycles. The molecule has 0 atom stereocenters. The third kappa shape index (κ3) is 11.0. The Kier molecular flexibility index (Phi) is 10.8. The standard InChI is InChI=1S/C7H10NO5S3.Na.H2O4S/c8-16(12,13)7-3-2-6(14-7)15(10,11)5-1-4-9;;1-5(2,3)4/h2-4,9H,1,5H2,(H2,8,12,13);;(H2,1,2,3,4)/q-1;+1;. The molecule has 0 unspecified atom stereocenters. The van der Waals surface area contributed by atoms with Crippen LogP contribution in [0.1, 0.15) is 6.42 Å². The third-order valence-electron chi connectivity index (χ3n) is 1.66. The summed E-state index contributed by atoms with van der Waals surface area (Å²) in [5, 5.41) is 13.3. The van der Waals surface area contributed by atoms with Crippen LogP contribution in [0.25, 0.3) is 0 Å². The fourth-order valence-corrected chi connectivity index (χ4v) is 4.47. The van der Waals surface area contributed by atoms with E-state index in [0.29, 0.717) is 11.3 Å². The largest absolute Gasteiger partial charge is 1.00 e. The van der Waals surface area contributed by atoms with Gasteiger partial charge < -0.3 is 5.11 Å². The van der Waals surface area contributed by atoms with Crippen LogP contribution in [0.2, 0.25) is 0 Å². The van der Waals surface area contributed by atoms with E-state index < -0.39 is 30.3 Å². The molecule has 124 valence electrons. The second kappa shape index (κ2) is 9.63. The van der Waals surface area contributed by atoms with E-state index in [1.165, 1.54) is 6.07 Å². The van der Waals surface area contributed by atoms with Crippen LogP contribution in [0, 0.1) is 6.61 Å². The van der Waals surface area contributed by atoms with Crippen molar-refractivity contribution in [2.75, 3.05) is 5.75 Å². The van der Waals surface area contributed by atoms with E-state index in [1.807, 2.05) is 0 Å². The first-order valence-corrected chi connectivity index (χ1v) is 10.2. The van der Waals surface area contributed by atoms with E-state index in [-0.39, 0.29) is 50.1 Å². The van der Waals surface area contributed by atoms with Gasteiger partial charge in [0.1, 0.15) is 8.42 Å². The molecule has 1 heterocycles. The number of thiophene rings is 1. The summed E-state index contributed by atoms with van der Waals surface area (Å²) in [6.07, 6.45) is -0.00899. The summed E-state index contributed by atoms with van der Waals surface area (Å²) >= 11 is 0.601. The fourth-order valence-electron chi connectivity index (χ4n) is 0.932. The number of nitrogens with two attached hydrogens (primary N) is 1. The minimum Gasteiger partial charge on any atom is -0.566 e. The Labute approximate surface area is 154 Å². The Balaban J connectivity index is 0. The van der Waals surface area contributed by atoms with Gasteiger partial charge in [-0.2, -0.15) is 8.42 Å². The van der Waals surface area contributed by atoms with Crippen molar-refractivity contribution >= 4 is 41.6 Å². The fraction of sp³-hybridized carbons (Fsp3) is 0.286. The van der Waals surface area contributed by atoms with Crippen molar-refractivity contribution < 1.29 is 69.0 Å². The van der Waals surface area contributed by atoms with Gasteiger partial charge in [0.15, 0.2) is 9.84 Å². The van der Waals surface area contributed by atoms with Crippen molar-refractivity contribution in [3.8, 4) is 0 Å². The Bertz CT molecular complexity index is 757. The molecular formula is C7H12NNaO9S4. The average Bonchev–Trinajstić information content (AvgIpc) is 2.73. The van der Waals surface area contributed by atoms with E-state index in [2.05, 4.69) is 0 Å². The van der Waals surface area contributed by atoms with E-state index >= 15 is 0 Å². The van der Waals surface area contributed by atoms with Crippen LogP contribution in [0.4, 0.5) is 0 Å². The monoisotopic (exact) mass is 405 g/mol. The van der Waals surface area contributed by atoms with Gasteiger partial charge in [-0.05, 0) is 12.1 Å². The molecule has 1 aromatic rings. The zero-order valence-corrected chi connectivity index (χ0v) is 16.4. The zero-order chi connectivity index (χ0) is 16.9. The first-order chi connectivity index (χ1) is 9.27. The van der Waals surface area contributed by atoms with E-state index in [1.54, 1.807) is 0 Å². The molecule has 0 saturated carbocycles. The molecule has 10 nitrogen and oxygen atoms in total. The van der Waals surface area contributed by atoms with Crippen molar-refractivity contribution in [2.24, 2.45) is 5.14 Å². The summed E-state index contributed by atoms with van der Waals surface area (Å²) < 4.78 is 76.3. The second-order valence-electron chi connectivity index (χ2n) is 3.36. The molecule has 0 spiro atoms. The molecule has 0 aliphatic rings. The van der Waals surface area contributed by atoms with Crippen molar-refractivity contribution in [3.63, 3.8) is 0 Å². The van der Waals surface area contributed by atoms with Crippen LogP contribution in [-0.2, 0) is 30.3 Å². The van der Waals surface area contributed by atoms with Gasteiger partial charge in [0, 0.05) is 5.75 Å².